The molecule has 0 aliphatic heterocycles. The number of benzene rings is 1. The van der Waals surface area contributed by atoms with Crippen LogP contribution in [0.15, 0.2) is 21.1 Å². The molecule has 0 bridgehead atoms. The van der Waals surface area contributed by atoms with Gasteiger partial charge in [0.05, 0.1) is 32.6 Å². The lowest BCUT2D eigenvalue weighted by Crippen LogP contribution is -2.07. The summed E-state index contributed by atoms with van der Waals surface area (Å²) in [5.74, 6) is -1.02. The third kappa shape index (κ3) is 2.97. The Morgan fingerprint density at radius 3 is 2.53 bits per heavy atom. The van der Waals surface area contributed by atoms with Gasteiger partial charge in [-0.2, -0.15) is 5.10 Å². The number of hydrogen-bond donors (Lipinski definition) is 1. The summed E-state index contributed by atoms with van der Waals surface area (Å²) >= 11 is 6.36. The molecule has 1 aromatic carbocycles. The van der Waals surface area contributed by atoms with Crippen LogP contribution in [0.1, 0.15) is 11.4 Å². The number of aryl methyl sites for hydroxylation is 2. The summed E-state index contributed by atoms with van der Waals surface area (Å²) in [5.41, 5.74) is 1.83. The Kier molecular flexibility index (Phi) is 4.25. The Morgan fingerprint density at radius 1 is 1.26 bits per heavy atom. The maximum absolute atomic E-state index is 13.6. The predicted molar refractivity (Wildman–Crippen MR) is 77.0 cm³/mol. The molecule has 102 valence electrons. The zero-order valence-corrected chi connectivity index (χ0v) is 13.4. The Hall–Kier alpha value is -0.950. The van der Waals surface area contributed by atoms with Crippen LogP contribution in [0.4, 0.5) is 14.5 Å². The van der Waals surface area contributed by atoms with Crippen molar-refractivity contribution < 1.29 is 8.78 Å². The van der Waals surface area contributed by atoms with Gasteiger partial charge in [0.25, 0.3) is 0 Å². The number of nitrogens with zero attached hydrogens (tertiary/aromatic N) is 2. The van der Waals surface area contributed by atoms with Gasteiger partial charge in [-0.25, -0.2) is 8.78 Å². The Labute approximate surface area is 126 Å². The van der Waals surface area contributed by atoms with E-state index in [1.807, 2.05) is 6.92 Å². The van der Waals surface area contributed by atoms with Gasteiger partial charge in [-0.15, -0.1) is 0 Å². The molecule has 0 saturated heterocycles. The second kappa shape index (κ2) is 5.58. The van der Waals surface area contributed by atoms with E-state index in [2.05, 4.69) is 42.3 Å². The van der Waals surface area contributed by atoms with E-state index in [1.165, 1.54) is 0 Å². The summed E-state index contributed by atoms with van der Waals surface area (Å²) in [6.45, 7) is 2.21. The lowest BCUT2D eigenvalue weighted by Gasteiger charge is -2.09. The van der Waals surface area contributed by atoms with Gasteiger partial charge in [0.1, 0.15) is 11.6 Å². The van der Waals surface area contributed by atoms with Gasteiger partial charge in [0.15, 0.2) is 0 Å². The van der Waals surface area contributed by atoms with Crippen LogP contribution in [0, 0.1) is 18.6 Å². The lowest BCUT2D eigenvalue weighted by molar-refractivity contribution is 0.596. The molecule has 0 amide bonds. The first-order valence-corrected chi connectivity index (χ1v) is 7.05. The van der Waals surface area contributed by atoms with Crippen molar-refractivity contribution in [2.45, 2.75) is 13.5 Å². The molecule has 19 heavy (non-hydrogen) atoms. The second-order valence-electron chi connectivity index (χ2n) is 4.07. The van der Waals surface area contributed by atoms with Crippen LogP contribution in [0.5, 0.6) is 0 Å². The lowest BCUT2D eigenvalue weighted by atomic mass is 10.3. The average Bonchev–Trinajstić information content (AvgIpc) is 2.57. The molecule has 1 aromatic heterocycles. The SMILES string of the molecule is Cc1nn(C)c(CNc2cc(F)c(Br)cc2F)c1Br. The van der Waals surface area contributed by atoms with E-state index in [1.54, 1.807) is 11.7 Å². The van der Waals surface area contributed by atoms with Crippen molar-refractivity contribution >= 4 is 37.5 Å². The molecule has 0 aliphatic rings. The molecular formula is C12H11Br2F2N3. The molecule has 3 nitrogen and oxygen atoms in total. The average molecular weight is 395 g/mol. The monoisotopic (exact) mass is 393 g/mol. The van der Waals surface area contributed by atoms with Gasteiger partial charge in [-0.05, 0) is 44.8 Å². The van der Waals surface area contributed by atoms with Gasteiger partial charge in [-0.1, -0.05) is 0 Å². The van der Waals surface area contributed by atoms with Crippen LogP contribution in [-0.2, 0) is 13.6 Å². The minimum absolute atomic E-state index is 0.105. The number of halogens is 4. The fraction of sp³-hybridized carbons (Fsp3) is 0.250. The van der Waals surface area contributed by atoms with Crippen LogP contribution < -0.4 is 5.32 Å². The molecule has 0 atom stereocenters. The summed E-state index contributed by atoms with van der Waals surface area (Å²) in [7, 11) is 1.80. The summed E-state index contributed by atoms with van der Waals surface area (Å²) in [6, 6.07) is 2.22. The van der Waals surface area contributed by atoms with Crippen molar-refractivity contribution in [3.05, 3.63) is 44.1 Å². The quantitative estimate of drug-likeness (QED) is 0.792. The highest BCUT2D eigenvalue weighted by molar-refractivity contribution is 9.10. The molecule has 1 N–H and O–H groups in total. The number of hydrogen-bond acceptors (Lipinski definition) is 2. The molecular weight excluding hydrogens is 384 g/mol. The van der Waals surface area contributed by atoms with Crippen LogP contribution in [0.25, 0.3) is 0 Å². The maximum atomic E-state index is 13.6. The smallest absolute Gasteiger partial charge is 0.147 e. The number of aromatic nitrogens is 2. The highest BCUT2D eigenvalue weighted by atomic mass is 79.9. The fourth-order valence-corrected chi connectivity index (χ4v) is 2.50. The minimum atomic E-state index is -0.511. The first-order chi connectivity index (χ1) is 8.90. The second-order valence-corrected chi connectivity index (χ2v) is 5.72. The van der Waals surface area contributed by atoms with E-state index in [0.717, 1.165) is 28.0 Å². The summed E-state index contributed by atoms with van der Waals surface area (Å²) in [5, 5.41) is 7.10. The molecule has 2 rings (SSSR count). The van der Waals surface area contributed by atoms with Crippen molar-refractivity contribution in [2.24, 2.45) is 7.05 Å². The fourth-order valence-electron chi connectivity index (χ4n) is 1.71. The minimum Gasteiger partial charge on any atom is -0.377 e. The molecule has 0 unspecified atom stereocenters. The van der Waals surface area contributed by atoms with Gasteiger partial charge in [-0.3, -0.25) is 4.68 Å². The first kappa shape index (κ1) is 14.5. The van der Waals surface area contributed by atoms with E-state index in [9.17, 15) is 8.78 Å². The highest BCUT2D eigenvalue weighted by Crippen LogP contribution is 2.25. The van der Waals surface area contributed by atoms with Gasteiger partial charge < -0.3 is 5.32 Å². The molecule has 1 heterocycles. The van der Waals surface area contributed by atoms with Crippen molar-refractivity contribution in [3.8, 4) is 0 Å². The molecule has 7 heteroatoms. The van der Waals surface area contributed by atoms with Gasteiger partial charge in [0, 0.05) is 13.1 Å². The highest BCUT2D eigenvalue weighted by Gasteiger charge is 2.12. The molecule has 0 aliphatic carbocycles. The first-order valence-electron chi connectivity index (χ1n) is 5.46. The van der Waals surface area contributed by atoms with Gasteiger partial charge >= 0.3 is 0 Å². The molecule has 0 radical (unpaired) electrons. The number of nitrogens with one attached hydrogen (secondary N) is 1. The maximum Gasteiger partial charge on any atom is 0.147 e. The Balaban J connectivity index is 2.21. The van der Waals surface area contributed by atoms with Crippen LogP contribution in [-0.4, -0.2) is 9.78 Å². The normalized spacial score (nSPS) is 10.8. The third-order valence-corrected chi connectivity index (χ3v) is 4.36. The van der Waals surface area contributed by atoms with E-state index in [-0.39, 0.29) is 10.2 Å². The number of rotatable bonds is 3. The zero-order chi connectivity index (χ0) is 14.2. The summed E-state index contributed by atoms with van der Waals surface area (Å²) in [6.07, 6.45) is 0. The molecule has 0 fully saturated rings. The number of anilines is 1. The standard InChI is InChI=1S/C12H11Br2F2N3/c1-6-12(14)11(19(2)18-6)5-17-10-4-8(15)7(13)3-9(10)16/h3-4,17H,5H2,1-2H3. The van der Waals surface area contributed by atoms with E-state index in [4.69, 9.17) is 0 Å². The van der Waals surface area contributed by atoms with E-state index < -0.39 is 11.6 Å². The Bertz CT molecular complexity index is 626. The van der Waals surface area contributed by atoms with Crippen LogP contribution >= 0.6 is 31.9 Å². The molecule has 0 saturated carbocycles. The largest absolute Gasteiger partial charge is 0.377 e. The van der Waals surface area contributed by atoms with Crippen molar-refractivity contribution in [1.82, 2.24) is 9.78 Å². The predicted octanol–water partition coefficient (Wildman–Crippen LogP) is 4.14. The molecule has 2 aromatic rings. The van der Waals surface area contributed by atoms with Crippen molar-refractivity contribution in [2.75, 3.05) is 5.32 Å². The summed E-state index contributed by atoms with van der Waals surface area (Å²) < 4.78 is 29.7. The Morgan fingerprint density at radius 2 is 1.95 bits per heavy atom. The zero-order valence-electron chi connectivity index (χ0n) is 10.3. The van der Waals surface area contributed by atoms with Gasteiger partial charge in [0.2, 0.25) is 0 Å². The summed E-state index contributed by atoms with van der Waals surface area (Å²) in [4.78, 5) is 0. The van der Waals surface area contributed by atoms with Crippen LogP contribution in [0.2, 0.25) is 0 Å². The van der Waals surface area contributed by atoms with Crippen molar-refractivity contribution in [3.63, 3.8) is 0 Å². The van der Waals surface area contributed by atoms with E-state index >= 15 is 0 Å². The van der Waals surface area contributed by atoms with E-state index in [0.29, 0.717) is 6.54 Å². The third-order valence-electron chi connectivity index (χ3n) is 2.72. The van der Waals surface area contributed by atoms with Crippen molar-refractivity contribution in [1.29, 1.82) is 0 Å². The topological polar surface area (TPSA) is 29.9 Å². The van der Waals surface area contributed by atoms with Crippen LogP contribution in [0.3, 0.4) is 0 Å². The molecule has 0 spiro atoms.